The first-order valence-corrected chi connectivity index (χ1v) is 6.83. The Hall–Kier alpha value is -2.38. The maximum atomic E-state index is 13.3. The molecule has 2 aromatic heterocycles. The van der Waals surface area contributed by atoms with Crippen molar-refractivity contribution in [2.75, 3.05) is 0 Å². The number of hydrogen-bond donors (Lipinski definition) is 1. The summed E-state index contributed by atoms with van der Waals surface area (Å²) in [6, 6.07) is 6.63. The molecule has 0 aliphatic heterocycles. The summed E-state index contributed by atoms with van der Waals surface area (Å²) in [6.07, 6.45) is 1.09. The van der Waals surface area contributed by atoms with Crippen LogP contribution in [-0.4, -0.2) is 9.97 Å². The minimum absolute atomic E-state index is 0.131. The van der Waals surface area contributed by atoms with Gasteiger partial charge in [-0.1, -0.05) is 29.3 Å². The Kier molecular flexibility index (Phi) is 4.06. The van der Waals surface area contributed by atoms with Gasteiger partial charge in [0.05, 0.1) is 10.5 Å². The molecule has 3 aromatic rings. The molecular weight excluding hydrogens is 331 g/mol. The molecule has 0 fully saturated rings. The molecule has 0 unspecified atom stereocenters. The Morgan fingerprint density at radius 2 is 1.91 bits per heavy atom. The zero-order valence-electron chi connectivity index (χ0n) is 11.4. The second-order valence-electron chi connectivity index (χ2n) is 4.61. The molecule has 23 heavy (non-hydrogen) atoms. The maximum Gasteiger partial charge on any atom is 0.354 e. The first kappa shape index (κ1) is 15.5. The first-order valence-electron chi connectivity index (χ1n) is 6.45. The lowest BCUT2D eigenvalue weighted by molar-refractivity contribution is -0.0943. The van der Waals surface area contributed by atoms with Gasteiger partial charge in [0.25, 0.3) is 0 Å². The number of halogens is 4. The summed E-state index contributed by atoms with van der Waals surface area (Å²) in [5.41, 5.74) is 0.322. The lowest BCUT2D eigenvalue weighted by Gasteiger charge is -2.13. The second-order valence-corrected chi connectivity index (χ2v) is 5.02. The van der Waals surface area contributed by atoms with Crippen molar-refractivity contribution in [2.24, 2.45) is 0 Å². The van der Waals surface area contributed by atoms with Crippen LogP contribution in [0.5, 0.6) is 11.8 Å². The Balaban J connectivity index is 1.93. The van der Waals surface area contributed by atoms with Crippen molar-refractivity contribution in [2.45, 2.75) is 6.05 Å². The van der Waals surface area contributed by atoms with Gasteiger partial charge >= 0.3 is 6.05 Å². The van der Waals surface area contributed by atoms with E-state index in [0.717, 1.165) is 23.7 Å². The van der Waals surface area contributed by atoms with E-state index in [1.54, 1.807) is 24.3 Å². The number of nitrogens with one attached hydrogen (secondary N) is 1. The number of nitrogens with zero attached hydrogens (tertiary/aromatic N) is 2. The third-order valence-electron chi connectivity index (χ3n) is 3.07. The molecule has 0 bridgehead atoms. The number of para-hydroxylation sites is 1. The molecule has 1 N–H and O–H groups in total. The van der Waals surface area contributed by atoms with Crippen LogP contribution in [0.3, 0.4) is 0 Å². The molecule has 118 valence electrons. The lowest BCUT2D eigenvalue weighted by Crippen LogP contribution is -2.26. The van der Waals surface area contributed by atoms with Crippen LogP contribution in [-0.2, 0) is 6.05 Å². The summed E-state index contributed by atoms with van der Waals surface area (Å²) < 4.78 is 44.0. The van der Waals surface area contributed by atoms with Gasteiger partial charge in [-0.05, 0) is 18.2 Å². The molecule has 3 rings (SSSR count). The van der Waals surface area contributed by atoms with E-state index in [1.807, 2.05) is 6.07 Å². The van der Waals surface area contributed by atoms with Crippen molar-refractivity contribution in [1.29, 1.82) is 0 Å². The summed E-state index contributed by atoms with van der Waals surface area (Å²) >= 11 is 6.05. The van der Waals surface area contributed by atoms with E-state index in [2.05, 4.69) is 9.97 Å². The van der Waals surface area contributed by atoms with Crippen LogP contribution >= 0.6 is 11.6 Å². The molecule has 2 heterocycles. The van der Waals surface area contributed by atoms with E-state index >= 15 is 0 Å². The van der Waals surface area contributed by atoms with Gasteiger partial charge in [-0.25, -0.2) is 9.97 Å². The fourth-order valence-corrected chi connectivity index (χ4v) is 2.20. The number of hydrogen-bond acceptors (Lipinski definition) is 4. The van der Waals surface area contributed by atoms with E-state index < -0.39 is 11.6 Å². The molecule has 1 aromatic carbocycles. The largest absolute Gasteiger partial charge is 0.421 e. The van der Waals surface area contributed by atoms with Crippen molar-refractivity contribution in [3.05, 3.63) is 59.2 Å². The van der Waals surface area contributed by atoms with Crippen molar-refractivity contribution in [3.8, 4) is 11.8 Å². The topological polar surface area (TPSA) is 47.0 Å². The molecule has 0 amide bonds. The Morgan fingerprint density at radius 1 is 1.09 bits per heavy atom. The predicted octanol–water partition coefficient (Wildman–Crippen LogP) is 4.60. The van der Waals surface area contributed by atoms with Crippen LogP contribution in [0.4, 0.5) is 13.3 Å². The monoisotopic (exact) mass is 339 g/mol. The molecule has 8 heteroatoms. The van der Waals surface area contributed by atoms with Crippen LogP contribution in [0.15, 0.2) is 48.7 Å². The van der Waals surface area contributed by atoms with Gasteiger partial charge in [0.2, 0.25) is 11.8 Å². The van der Waals surface area contributed by atoms with Gasteiger partial charge in [-0.3, -0.25) is 0 Å². The molecule has 0 aliphatic rings. The highest BCUT2D eigenvalue weighted by atomic mass is 35.5. The van der Waals surface area contributed by atoms with Crippen molar-refractivity contribution in [3.63, 3.8) is 0 Å². The number of fused-ring (bicyclic) bond motifs is 1. The standard InChI is InChI=1S/C15H9ClF3N3O/c16-11-3-1-2-9-4-5-12(21-14(9)11)23-13-8-10(6-7-20-13)15(17,18)22-19/h1-8,22H. The van der Waals surface area contributed by atoms with E-state index in [4.69, 9.17) is 16.3 Å². The molecule has 0 spiro atoms. The fraction of sp³-hybridized carbons (Fsp3) is 0.0667. The Labute approximate surface area is 133 Å². The van der Waals surface area contributed by atoms with Gasteiger partial charge < -0.3 is 4.74 Å². The van der Waals surface area contributed by atoms with Crippen LogP contribution < -0.4 is 10.3 Å². The van der Waals surface area contributed by atoms with E-state index in [0.29, 0.717) is 16.1 Å². The average molecular weight is 340 g/mol. The highest BCUT2D eigenvalue weighted by Gasteiger charge is 2.32. The summed E-state index contributed by atoms with van der Waals surface area (Å²) in [5.74, 6) is -0.0110. The quantitative estimate of drug-likeness (QED) is 0.557. The highest BCUT2D eigenvalue weighted by molar-refractivity contribution is 6.35. The fourth-order valence-electron chi connectivity index (χ4n) is 1.97. The third kappa shape index (κ3) is 3.20. The summed E-state index contributed by atoms with van der Waals surface area (Å²) in [4.78, 5) is 8.02. The molecule has 0 saturated heterocycles. The minimum Gasteiger partial charge on any atom is -0.421 e. The normalized spacial score (nSPS) is 11.7. The van der Waals surface area contributed by atoms with E-state index in [1.165, 1.54) is 0 Å². The number of aromatic nitrogens is 2. The van der Waals surface area contributed by atoms with Crippen LogP contribution in [0, 0.1) is 0 Å². The van der Waals surface area contributed by atoms with Crippen LogP contribution in [0.25, 0.3) is 10.9 Å². The lowest BCUT2D eigenvalue weighted by atomic mass is 10.2. The SMILES string of the molecule is FNC(F)(F)c1ccnc(Oc2ccc3cccc(Cl)c3n2)c1. The average Bonchev–Trinajstić information content (AvgIpc) is 2.56. The second kappa shape index (κ2) is 6.02. The van der Waals surface area contributed by atoms with Crippen molar-refractivity contribution >= 4 is 22.5 Å². The summed E-state index contributed by atoms with van der Waals surface area (Å²) in [6.45, 7) is 0. The van der Waals surface area contributed by atoms with Crippen LogP contribution in [0.1, 0.15) is 5.56 Å². The predicted molar refractivity (Wildman–Crippen MR) is 79.2 cm³/mol. The zero-order chi connectivity index (χ0) is 16.4. The Morgan fingerprint density at radius 3 is 2.70 bits per heavy atom. The first-order chi connectivity index (χ1) is 11.0. The number of pyridine rings is 2. The van der Waals surface area contributed by atoms with E-state index in [9.17, 15) is 13.3 Å². The van der Waals surface area contributed by atoms with Gasteiger partial charge in [0, 0.05) is 29.3 Å². The smallest absolute Gasteiger partial charge is 0.354 e. The molecular formula is C15H9ClF3N3O. The molecule has 0 aliphatic carbocycles. The zero-order valence-corrected chi connectivity index (χ0v) is 12.2. The minimum atomic E-state index is -3.83. The van der Waals surface area contributed by atoms with Crippen molar-refractivity contribution < 1.29 is 18.0 Å². The molecule has 0 atom stereocenters. The molecule has 4 nitrogen and oxygen atoms in total. The number of ether oxygens (including phenoxy) is 1. The van der Waals surface area contributed by atoms with Gasteiger partial charge in [-0.2, -0.15) is 8.78 Å². The summed E-state index contributed by atoms with van der Waals surface area (Å²) in [7, 11) is 0. The van der Waals surface area contributed by atoms with Gasteiger partial charge in [0.1, 0.15) is 0 Å². The van der Waals surface area contributed by atoms with Crippen molar-refractivity contribution in [1.82, 2.24) is 15.5 Å². The maximum absolute atomic E-state index is 13.3. The molecule has 0 radical (unpaired) electrons. The highest BCUT2D eigenvalue weighted by Crippen LogP contribution is 2.29. The third-order valence-corrected chi connectivity index (χ3v) is 3.38. The summed E-state index contributed by atoms with van der Waals surface area (Å²) in [5, 5.41) is 1.24. The van der Waals surface area contributed by atoms with Gasteiger partial charge in [-0.15, -0.1) is 4.48 Å². The number of alkyl halides is 2. The van der Waals surface area contributed by atoms with Gasteiger partial charge in [0.15, 0.2) is 0 Å². The van der Waals surface area contributed by atoms with Crippen LogP contribution in [0.2, 0.25) is 5.02 Å². The number of benzene rings is 1. The number of rotatable bonds is 4. The molecule has 0 saturated carbocycles. The van der Waals surface area contributed by atoms with E-state index in [-0.39, 0.29) is 11.8 Å². The Bertz CT molecular complexity index is 860.